The van der Waals surface area contributed by atoms with Crippen molar-refractivity contribution in [3.05, 3.63) is 21.8 Å². The molecule has 0 spiro atoms. The Kier molecular flexibility index (Phi) is 2.99. The van der Waals surface area contributed by atoms with Crippen LogP contribution in [-0.2, 0) is 4.79 Å². The molecule has 0 bridgehead atoms. The van der Waals surface area contributed by atoms with E-state index < -0.39 is 6.10 Å². The first-order chi connectivity index (χ1) is 7.50. The standard InChI is InChI=1S/C11H13BrN2O2/c1-6-7(2)11(13-4-9(6)12)14-5-8(15)3-10(14)16/h4,8,15H,3,5H2,1-2H3. The van der Waals surface area contributed by atoms with Gasteiger partial charge in [0.25, 0.3) is 0 Å². The van der Waals surface area contributed by atoms with Crippen LogP contribution in [0.4, 0.5) is 5.82 Å². The third kappa shape index (κ3) is 1.85. The second kappa shape index (κ2) is 4.14. The van der Waals surface area contributed by atoms with Crippen LogP contribution in [0.3, 0.4) is 0 Å². The number of carbonyl (C=O) groups is 1. The molecule has 16 heavy (non-hydrogen) atoms. The molecule has 4 nitrogen and oxygen atoms in total. The van der Waals surface area contributed by atoms with Crippen molar-refractivity contribution in [1.82, 2.24) is 4.98 Å². The highest BCUT2D eigenvalue weighted by Crippen LogP contribution is 2.28. The minimum Gasteiger partial charge on any atom is -0.391 e. The van der Waals surface area contributed by atoms with Gasteiger partial charge in [0.05, 0.1) is 19.1 Å². The number of rotatable bonds is 1. The molecule has 0 aliphatic carbocycles. The number of amides is 1. The Morgan fingerprint density at radius 2 is 2.19 bits per heavy atom. The third-order valence-corrected chi connectivity index (χ3v) is 3.72. The summed E-state index contributed by atoms with van der Waals surface area (Å²) in [5.41, 5.74) is 2.04. The topological polar surface area (TPSA) is 53.4 Å². The number of carbonyl (C=O) groups excluding carboxylic acids is 1. The van der Waals surface area contributed by atoms with Crippen molar-refractivity contribution in [3.63, 3.8) is 0 Å². The highest BCUT2D eigenvalue weighted by atomic mass is 79.9. The zero-order chi connectivity index (χ0) is 11.9. The van der Waals surface area contributed by atoms with Crippen LogP contribution in [0.1, 0.15) is 17.5 Å². The maximum Gasteiger partial charge on any atom is 0.230 e. The molecule has 0 aromatic carbocycles. The summed E-state index contributed by atoms with van der Waals surface area (Å²) >= 11 is 3.40. The maximum absolute atomic E-state index is 11.6. The molecule has 86 valence electrons. The smallest absolute Gasteiger partial charge is 0.230 e. The van der Waals surface area contributed by atoms with Crippen LogP contribution in [0.25, 0.3) is 0 Å². The first-order valence-electron chi connectivity index (χ1n) is 5.11. The number of aliphatic hydroxyl groups excluding tert-OH is 1. The van der Waals surface area contributed by atoms with Crippen molar-refractivity contribution in [2.75, 3.05) is 11.4 Å². The number of anilines is 1. The Morgan fingerprint density at radius 3 is 2.75 bits per heavy atom. The summed E-state index contributed by atoms with van der Waals surface area (Å²) in [6.07, 6.45) is 1.31. The first kappa shape index (κ1) is 11.5. The number of aromatic nitrogens is 1. The fourth-order valence-corrected chi connectivity index (χ4v) is 2.22. The molecule has 1 aromatic heterocycles. The van der Waals surface area contributed by atoms with Crippen LogP contribution >= 0.6 is 15.9 Å². The molecule has 1 N–H and O–H groups in total. The average Bonchev–Trinajstić information content (AvgIpc) is 2.55. The number of nitrogens with zero attached hydrogens (tertiary/aromatic N) is 2. The van der Waals surface area contributed by atoms with Crippen LogP contribution in [0.2, 0.25) is 0 Å². The van der Waals surface area contributed by atoms with Gasteiger partial charge in [-0.25, -0.2) is 4.98 Å². The van der Waals surface area contributed by atoms with Gasteiger partial charge >= 0.3 is 0 Å². The Balaban J connectivity index is 2.42. The molecule has 1 saturated heterocycles. The molecule has 0 saturated carbocycles. The van der Waals surface area contributed by atoms with Gasteiger partial charge in [0.2, 0.25) is 5.91 Å². The Morgan fingerprint density at radius 1 is 1.50 bits per heavy atom. The number of hydrogen-bond donors (Lipinski definition) is 1. The predicted molar refractivity (Wildman–Crippen MR) is 64.4 cm³/mol. The second-order valence-corrected chi connectivity index (χ2v) is 4.90. The van der Waals surface area contributed by atoms with Gasteiger partial charge in [-0.1, -0.05) is 0 Å². The summed E-state index contributed by atoms with van der Waals surface area (Å²) < 4.78 is 0.931. The number of pyridine rings is 1. The lowest BCUT2D eigenvalue weighted by molar-refractivity contribution is -0.117. The minimum absolute atomic E-state index is 0.0650. The van der Waals surface area contributed by atoms with Crippen LogP contribution < -0.4 is 4.90 Å². The van der Waals surface area contributed by atoms with E-state index in [1.807, 2.05) is 13.8 Å². The van der Waals surface area contributed by atoms with Gasteiger partial charge in [0.15, 0.2) is 0 Å². The van der Waals surface area contributed by atoms with E-state index in [9.17, 15) is 9.90 Å². The van der Waals surface area contributed by atoms with E-state index in [1.165, 1.54) is 0 Å². The van der Waals surface area contributed by atoms with Crippen LogP contribution in [0.15, 0.2) is 10.7 Å². The summed E-state index contributed by atoms with van der Waals surface area (Å²) in [7, 11) is 0. The van der Waals surface area contributed by atoms with E-state index in [-0.39, 0.29) is 12.3 Å². The molecule has 1 unspecified atom stereocenters. The van der Waals surface area contributed by atoms with E-state index >= 15 is 0 Å². The van der Waals surface area contributed by atoms with Crippen molar-refractivity contribution >= 4 is 27.7 Å². The lowest BCUT2D eigenvalue weighted by atomic mass is 10.1. The van der Waals surface area contributed by atoms with Gasteiger partial charge in [0.1, 0.15) is 5.82 Å². The lowest BCUT2D eigenvalue weighted by Crippen LogP contribution is -2.27. The quantitative estimate of drug-likeness (QED) is 0.852. The summed E-state index contributed by atoms with van der Waals surface area (Å²) in [5, 5.41) is 9.45. The van der Waals surface area contributed by atoms with E-state index in [0.717, 1.165) is 15.6 Å². The fourth-order valence-electron chi connectivity index (χ4n) is 1.82. The number of aliphatic hydroxyl groups is 1. The SMILES string of the molecule is Cc1c(Br)cnc(N2CC(O)CC2=O)c1C. The van der Waals surface area contributed by atoms with Crippen molar-refractivity contribution in [3.8, 4) is 0 Å². The molecule has 2 rings (SSSR count). The van der Waals surface area contributed by atoms with Gasteiger partial charge in [0, 0.05) is 10.7 Å². The monoisotopic (exact) mass is 284 g/mol. The van der Waals surface area contributed by atoms with Gasteiger partial charge in [-0.05, 0) is 40.9 Å². The third-order valence-electron chi connectivity index (χ3n) is 2.92. The minimum atomic E-state index is -0.572. The maximum atomic E-state index is 11.6. The van der Waals surface area contributed by atoms with Crippen LogP contribution in [-0.4, -0.2) is 28.6 Å². The molecule has 1 aliphatic heterocycles. The highest BCUT2D eigenvalue weighted by molar-refractivity contribution is 9.10. The van der Waals surface area contributed by atoms with E-state index in [0.29, 0.717) is 12.4 Å². The summed E-state index contributed by atoms with van der Waals surface area (Å²) in [4.78, 5) is 17.5. The zero-order valence-electron chi connectivity index (χ0n) is 9.20. The highest BCUT2D eigenvalue weighted by Gasteiger charge is 2.31. The molecule has 1 fully saturated rings. The largest absolute Gasteiger partial charge is 0.391 e. The van der Waals surface area contributed by atoms with Crippen LogP contribution in [0, 0.1) is 13.8 Å². The lowest BCUT2D eigenvalue weighted by Gasteiger charge is -2.18. The molecule has 0 radical (unpaired) electrons. The Hall–Kier alpha value is -0.940. The molecule has 1 aliphatic rings. The normalized spacial score (nSPS) is 20.6. The molecule has 5 heteroatoms. The fraction of sp³-hybridized carbons (Fsp3) is 0.455. The van der Waals surface area contributed by atoms with Crippen molar-refractivity contribution in [2.24, 2.45) is 0 Å². The van der Waals surface area contributed by atoms with Crippen LogP contribution in [0.5, 0.6) is 0 Å². The first-order valence-corrected chi connectivity index (χ1v) is 5.90. The van der Waals surface area contributed by atoms with E-state index in [2.05, 4.69) is 20.9 Å². The van der Waals surface area contributed by atoms with Crippen molar-refractivity contribution in [2.45, 2.75) is 26.4 Å². The molecule has 2 heterocycles. The van der Waals surface area contributed by atoms with Gasteiger partial charge in [-0.2, -0.15) is 0 Å². The van der Waals surface area contributed by atoms with Gasteiger partial charge in [-0.3, -0.25) is 9.69 Å². The van der Waals surface area contributed by atoms with Crippen molar-refractivity contribution < 1.29 is 9.90 Å². The Labute approximate surface area is 102 Å². The second-order valence-electron chi connectivity index (χ2n) is 4.04. The summed E-state index contributed by atoms with van der Waals surface area (Å²) in [6.45, 7) is 4.25. The molecular formula is C11H13BrN2O2. The van der Waals surface area contributed by atoms with E-state index in [1.54, 1.807) is 11.1 Å². The van der Waals surface area contributed by atoms with E-state index in [4.69, 9.17) is 0 Å². The number of β-amino-alcohol motifs (C(OH)–C–C–N with tert-alkyl or cyclic N) is 1. The number of hydrogen-bond acceptors (Lipinski definition) is 3. The van der Waals surface area contributed by atoms with Gasteiger partial charge in [-0.15, -0.1) is 0 Å². The predicted octanol–water partition coefficient (Wildman–Crippen LogP) is 1.56. The average molecular weight is 285 g/mol. The zero-order valence-corrected chi connectivity index (χ0v) is 10.8. The van der Waals surface area contributed by atoms with Gasteiger partial charge < -0.3 is 5.11 Å². The number of halogens is 1. The molecular weight excluding hydrogens is 272 g/mol. The summed E-state index contributed by atoms with van der Waals surface area (Å²) in [5.74, 6) is 0.590. The van der Waals surface area contributed by atoms with Crippen molar-refractivity contribution in [1.29, 1.82) is 0 Å². The summed E-state index contributed by atoms with van der Waals surface area (Å²) in [6, 6.07) is 0. The molecule has 1 atom stereocenters. The molecule has 1 aromatic rings. The Bertz CT molecular complexity index is 448. The molecule has 1 amide bonds.